The number of anilines is 1. The van der Waals surface area contributed by atoms with Gasteiger partial charge in [-0.25, -0.2) is 0 Å². The summed E-state index contributed by atoms with van der Waals surface area (Å²) in [4.78, 5) is 42.5. The molecule has 2 amide bonds. The summed E-state index contributed by atoms with van der Waals surface area (Å²) in [6.07, 6.45) is 4.01. The second-order valence-corrected chi connectivity index (χ2v) is 9.01. The number of imide groups is 1. The van der Waals surface area contributed by atoms with Gasteiger partial charge in [-0.05, 0) is 62.4 Å². The molecule has 3 aromatic carbocycles. The van der Waals surface area contributed by atoms with Crippen LogP contribution in [0, 0.1) is 6.92 Å². The van der Waals surface area contributed by atoms with E-state index in [1.54, 1.807) is 12.1 Å². The Balaban J connectivity index is 1.33. The van der Waals surface area contributed by atoms with Gasteiger partial charge in [0.1, 0.15) is 5.75 Å². The maximum Gasteiger partial charge on any atom is 0.311 e. The molecule has 6 heteroatoms. The molecule has 0 radical (unpaired) electrons. The average Bonchev–Trinajstić information content (AvgIpc) is 2.86. The number of piperidine rings is 1. The summed E-state index contributed by atoms with van der Waals surface area (Å²) in [6, 6.07) is 16.9. The monoisotopic (exact) mass is 456 g/mol. The van der Waals surface area contributed by atoms with E-state index < -0.39 is 0 Å². The molecule has 34 heavy (non-hydrogen) atoms. The van der Waals surface area contributed by atoms with Crippen LogP contribution in [0.15, 0.2) is 54.6 Å². The largest absolute Gasteiger partial charge is 0.426 e. The van der Waals surface area contributed by atoms with Crippen molar-refractivity contribution in [2.75, 3.05) is 24.5 Å². The van der Waals surface area contributed by atoms with Gasteiger partial charge in [-0.3, -0.25) is 19.3 Å². The van der Waals surface area contributed by atoms with Crippen LogP contribution in [-0.4, -0.2) is 42.3 Å². The Bertz CT molecular complexity index is 1250. The number of aryl methyl sites for hydroxylation is 1. The predicted molar refractivity (Wildman–Crippen MR) is 131 cm³/mol. The third kappa shape index (κ3) is 4.04. The number of hydrogen-bond acceptors (Lipinski definition) is 5. The van der Waals surface area contributed by atoms with Crippen LogP contribution < -0.4 is 9.64 Å². The Kier molecular flexibility index (Phi) is 6.05. The maximum absolute atomic E-state index is 13.3. The third-order valence-corrected chi connectivity index (χ3v) is 6.75. The van der Waals surface area contributed by atoms with Gasteiger partial charge in [-0.15, -0.1) is 0 Å². The van der Waals surface area contributed by atoms with E-state index in [4.69, 9.17) is 4.74 Å². The van der Waals surface area contributed by atoms with Crippen LogP contribution >= 0.6 is 0 Å². The highest BCUT2D eigenvalue weighted by Gasteiger charge is 2.33. The number of amides is 2. The molecule has 0 saturated carbocycles. The number of esters is 1. The van der Waals surface area contributed by atoms with Gasteiger partial charge in [0, 0.05) is 53.6 Å². The molecule has 174 valence electrons. The maximum atomic E-state index is 13.3. The predicted octanol–water partition coefficient (Wildman–Crippen LogP) is 5.12. The van der Waals surface area contributed by atoms with E-state index in [1.807, 2.05) is 49.4 Å². The Hall–Kier alpha value is -3.67. The number of benzene rings is 3. The molecule has 3 aromatic rings. The number of hydrogen-bond donors (Lipinski definition) is 0. The number of carbonyl (C=O) groups excluding carboxylic acids is 3. The number of nitrogens with zero attached hydrogens (tertiary/aromatic N) is 2. The van der Waals surface area contributed by atoms with Crippen molar-refractivity contribution in [2.45, 2.75) is 39.0 Å². The molecule has 0 spiro atoms. The summed E-state index contributed by atoms with van der Waals surface area (Å²) in [6.45, 7) is 4.03. The van der Waals surface area contributed by atoms with Gasteiger partial charge in [0.15, 0.2) is 0 Å². The molecule has 0 bridgehead atoms. The number of ether oxygens (including phenoxy) is 1. The van der Waals surface area contributed by atoms with E-state index in [9.17, 15) is 14.4 Å². The Morgan fingerprint density at radius 1 is 0.882 bits per heavy atom. The van der Waals surface area contributed by atoms with Gasteiger partial charge in [0.05, 0.1) is 0 Å². The molecular weight excluding hydrogens is 428 g/mol. The zero-order valence-corrected chi connectivity index (χ0v) is 19.4. The van der Waals surface area contributed by atoms with Gasteiger partial charge in [-0.1, -0.05) is 30.3 Å². The SMILES string of the molecule is Cc1ccccc1OC(=O)CCCN1C(=O)c2cccc3c(N4CCCCC4)ccc(c23)C1=O. The van der Waals surface area contributed by atoms with Crippen LogP contribution in [-0.2, 0) is 4.79 Å². The molecular formula is C28H28N2O4. The molecule has 6 nitrogen and oxygen atoms in total. The molecule has 0 atom stereocenters. The normalized spacial score (nSPS) is 15.7. The summed E-state index contributed by atoms with van der Waals surface area (Å²) in [5.74, 6) is -0.444. The van der Waals surface area contributed by atoms with E-state index in [0.717, 1.165) is 48.0 Å². The van der Waals surface area contributed by atoms with Crippen molar-refractivity contribution < 1.29 is 19.1 Å². The molecule has 1 fully saturated rings. The lowest BCUT2D eigenvalue weighted by Gasteiger charge is -2.32. The first-order chi connectivity index (χ1) is 16.5. The highest BCUT2D eigenvalue weighted by atomic mass is 16.5. The minimum absolute atomic E-state index is 0.121. The Morgan fingerprint density at radius 3 is 2.38 bits per heavy atom. The van der Waals surface area contributed by atoms with Gasteiger partial charge < -0.3 is 9.64 Å². The van der Waals surface area contributed by atoms with Gasteiger partial charge in [-0.2, -0.15) is 0 Å². The van der Waals surface area contributed by atoms with Crippen molar-refractivity contribution in [3.05, 3.63) is 71.3 Å². The minimum Gasteiger partial charge on any atom is -0.426 e. The molecule has 2 heterocycles. The third-order valence-electron chi connectivity index (χ3n) is 6.75. The van der Waals surface area contributed by atoms with Crippen molar-refractivity contribution >= 4 is 34.2 Å². The fraction of sp³-hybridized carbons (Fsp3) is 0.321. The second kappa shape index (κ2) is 9.29. The van der Waals surface area contributed by atoms with Crippen molar-refractivity contribution in [2.24, 2.45) is 0 Å². The van der Waals surface area contributed by atoms with Crippen molar-refractivity contribution in [3.63, 3.8) is 0 Å². The average molecular weight is 457 g/mol. The molecule has 5 rings (SSSR count). The smallest absolute Gasteiger partial charge is 0.311 e. The number of para-hydroxylation sites is 1. The summed E-state index contributed by atoms with van der Waals surface area (Å²) >= 11 is 0. The van der Waals surface area contributed by atoms with Crippen LogP contribution in [0.5, 0.6) is 5.75 Å². The number of rotatable bonds is 6. The molecule has 1 saturated heterocycles. The van der Waals surface area contributed by atoms with E-state index in [2.05, 4.69) is 4.90 Å². The quantitative estimate of drug-likeness (QED) is 0.293. The van der Waals surface area contributed by atoms with E-state index in [1.165, 1.54) is 11.3 Å². The highest BCUT2D eigenvalue weighted by Crippen LogP contribution is 2.37. The van der Waals surface area contributed by atoms with Crippen LogP contribution in [0.3, 0.4) is 0 Å². The van der Waals surface area contributed by atoms with Gasteiger partial charge in [0.2, 0.25) is 0 Å². The van der Waals surface area contributed by atoms with Crippen molar-refractivity contribution in [3.8, 4) is 5.75 Å². The molecule has 2 aliphatic heterocycles. The first-order valence-corrected chi connectivity index (χ1v) is 12.0. The lowest BCUT2D eigenvalue weighted by molar-refractivity contribution is -0.134. The standard InChI is InChI=1S/C28H28N2O4/c1-19-9-3-4-12-24(19)34-25(31)13-8-18-30-27(32)21-11-7-10-20-23(29-16-5-2-6-17-29)15-14-22(26(20)21)28(30)33/h3-4,7,9-12,14-15H,2,5-6,8,13,16-18H2,1H3. The fourth-order valence-electron chi connectivity index (χ4n) is 4.97. The first-order valence-electron chi connectivity index (χ1n) is 12.0. The minimum atomic E-state index is -0.375. The summed E-state index contributed by atoms with van der Waals surface area (Å²) in [7, 11) is 0. The van der Waals surface area contributed by atoms with Crippen LogP contribution in [0.4, 0.5) is 5.69 Å². The molecule has 2 aliphatic rings. The van der Waals surface area contributed by atoms with E-state index in [0.29, 0.717) is 23.3 Å². The van der Waals surface area contributed by atoms with Gasteiger partial charge in [0.25, 0.3) is 11.8 Å². The molecule has 0 aromatic heterocycles. The topological polar surface area (TPSA) is 66.9 Å². The summed E-state index contributed by atoms with van der Waals surface area (Å²) < 4.78 is 5.43. The van der Waals surface area contributed by atoms with Crippen molar-refractivity contribution in [1.82, 2.24) is 4.90 Å². The lowest BCUT2D eigenvalue weighted by atomic mass is 9.92. The van der Waals surface area contributed by atoms with Crippen LogP contribution in [0.2, 0.25) is 0 Å². The Morgan fingerprint density at radius 2 is 1.62 bits per heavy atom. The van der Waals surface area contributed by atoms with Crippen LogP contribution in [0.1, 0.15) is 58.4 Å². The molecule has 0 unspecified atom stereocenters. The summed E-state index contributed by atoms with van der Waals surface area (Å²) in [5, 5.41) is 1.70. The second-order valence-electron chi connectivity index (χ2n) is 9.01. The first kappa shape index (κ1) is 22.1. The van der Waals surface area contributed by atoms with Crippen LogP contribution in [0.25, 0.3) is 10.8 Å². The number of carbonyl (C=O) groups is 3. The molecule has 0 aliphatic carbocycles. The fourth-order valence-corrected chi connectivity index (χ4v) is 4.97. The Labute approximate surface area is 199 Å². The van der Waals surface area contributed by atoms with E-state index in [-0.39, 0.29) is 30.7 Å². The zero-order chi connectivity index (χ0) is 23.7. The highest BCUT2D eigenvalue weighted by molar-refractivity contribution is 6.26. The molecule has 0 N–H and O–H groups in total. The zero-order valence-electron chi connectivity index (χ0n) is 19.4. The van der Waals surface area contributed by atoms with E-state index >= 15 is 0 Å². The van der Waals surface area contributed by atoms with Gasteiger partial charge >= 0.3 is 5.97 Å². The summed E-state index contributed by atoms with van der Waals surface area (Å²) in [5.41, 5.74) is 3.07. The lowest BCUT2D eigenvalue weighted by Crippen LogP contribution is -2.41. The van der Waals surface area contributed by atoms with Crippen molar-refractivity contribution in [1.29, 1.82) is 0 Å².